The van der Waals surface area contributed by atoms with Gasteiger partial charge in [0, 0.05) is 72.1 Å². The van der Waals surface area contributed by atoms with Crippen LogP contribution in [0.2, 0.25) is 5.02 Å². The summed E-state index contributed by atoms with van der Waals surface area (Å²) in [5.41, 5.74) is 5.04. The lowest BCUT2D eigenvalue weighted by Crippen LogP contribution is -2.44. The summed E-state index contributed by atoms with van der Waals surface area (Å²) in [7, 11) is 1.71. The van der Waals surface area contributed by atoms with Crippen molar-refractivity contribution >= 4 is 23.2 Å². The van der Waals surface area contributed by atoms with Gasteiger partial charge in [0.2, 0.25) is 0 Å². The highest BCUT2D eigenvalue weighted by Gasteiger charge is 2.49. The molecule has 0 radical (unpaired) electrons. The Labute approximate surface area is 243 Å². The van der Waals surface area contributed by atoms with E-state index in [9.17, 15) is 9.59 Å². The van der Waals surface area contributed by atoms with E-state index < -0.39 is 5.92 Å². The van der Waals surface area contributed by atoms with Crippen LogP contribution in [0.15, 0.2) is 71.1 Å². The predicted octanol–water partition coefficient (Wildman–Crippen LogP) is 7.64. The lowest BCUT2D eigenvalue weighted by molar-refractivity contribution is -0.119. The van der Waals surface area contributed by atoms with Gasteiger partial charge in [-0.1, -0.05) is 69.6 Å². The molecule has 1 heterocycles. The maximum atomic E-state index is 14.1. The molecule has 40 heavy (non-hydrogen) atoms. The number of hydrogen-bond acceptors (Lipinski definition) is 5. The summed E-state index contributed by atoms with van der Waals surface area (Å²) in [6.07, 6.45) is 3.22. The first-order chi connectivity index (χ1) is 19.0. The topological polar surface area (TPSA) is 55.8 Å². The van der Waals surface area contributed by atoms with Crippen molar-refractivity contribution in [2.75, 3.05) is 20.3 Å². The Morgan fingerprint density at radius 1 is 0.875 bits per heavy atom. The third-order valence-corrected chi connectivity index (χ3v) is 8.51. The summed E-state index contributed by atoms with van der Waals surface area (Å²) in [6, 6.07) is 15.6. The molecule has 1 aliphatic heterocycles. The lowest BCUT2D eigenvalue weighted by atomic mass is 9.63. The van der Waals surface area contributed by atoms with Crippen molar-refractivity contribution in [1.29, 1.82) is 0 Å². The number of ether oxygens (including phenoxy) is 2. The summed E-state index contributed by atoms with van der Waals surface area (Å²) in [6.45, 7) is 10.3. The molecule has 5 nitrogen and oxygen atoms in total. The molecule has 2 aromatic rings. The Morgan fingerprint density at radius 2 is 1.48 bits per heavy atom. The van der Waals surface area contributed by atoms with E-state index in [1.165, 1.54) is 0 Å². The Hall–Kier alpha value is -2.89. The van der Waals surface area contributed by atoms with Gasteiger partial charge < -0.3 is 14.4 Å². The van der Waals surface area contributed by atoms with Crippen LogP contribution >= 0.6 is 11.6 Å². The molecular weight excluding hydrogens is 522 g/mol. The van der Waals surface area contributed by atoms with Gasteiger partial charge in [-0.15, -0.1) is 0 Å². The third kappa shape index (κ3) is 5.77. The van der Waals surface area contributed by atoms with Crippen molar-refractivity contribution in [1.82, 2.24) is 4.90 Å². The van der Waals surface area contributed by atoms with Crippen LogP contribution in [0.5, 0.6) is 5.75 Å². The summed E-state index contributed by atoms with van der Waals surface area (Å²) in [5.74, 6) is 0.359. The van der Waals surface area contributed by atoms with E-state index in [4.69, 9.17) is 21.1 Å². The van der Waals surface area contributed by atoms with Crippen molar-refractivity contribution in [3.8, 4) is 5.75 Å². The van der Waals surface area contributed by atoms with Crippen LogP contribution in [0.1, 0.15) is 76.8 Å². The van der Waals surface area contributed by atoms with Gasteiger partial charge in [0.05, 0.1) is 0 Å². The number of Topliss-reactive ketones (excluding diaryl/α,β-unsaturated/α-hetero) is 2. The van der Waals surface area contributed by atoms with Crippen molar-refractivity contribution in [2.24, 2.45) is 10.8 Å². The molecule has 0 atom stereocenters. The molecule has 0 spiro atoms. The van der Waals surface area contributed by atoms with E-state index in [2.05, 4.69) is 32.6 Å². The van der Waals surface area contributed by atoms with Crippen molar-refractivity contribution < 1.29 is 19.1 Å². The van der Waals surface area contributed by atoms with Gasteiger partial charge in [-0.05, 0) is 53.9 Å². The Balaban J connectivity index is 1.69. The first-order valence-corrected chi connectivity index (χ1v) is 14.6. The SMILES string of the molecule is COCCCN1C2=C(C(=O)CC(C)(C)C2)C(c2cc(Cl)ccc2OCc2ccccc2)C2=C1CC(C)(C)CC2=O. The fourth-order valence-electron chi connectivity index (χ4n) is 6.61. The number of allylic oxidation sites excluding steroid dienone is 4. The van der Waals surface area contributed by atoms with Gasteiger partial charge in [0.25, 0.3) is 0 Å². The number of carbonyl (C=O) groups excluding carboxylic acids is 2. The van der Waals surface area contributed by atoms with E-state index in [1.807, 2.05) is 48.5 Å². The number of rotatable bonds is 8. The molecule has 0 amide bonds. The van der Waals surface area contributed by atoms with E-state index in [1.54, 1.807) is 7.11 Å². The molecule has 0 aromatic heterocycles. The first-order valence-electron chi connectivity index (χ1n) is 14.2. The minimum absolute atomic E-state index is 0.103. The molecule has 0 unspecified atom stereocenters. The average molecular weight is 562 g/mol. The molecule has 3 aliphatic rings. The van der Waals surface area contributed by atoms with Crippen LogP contribution in [-0.2, 0) is 20.9 Å². The standard InChI is InChI=1S/C34H40ClNO4/c1-33(2)17-25-31(27(37)19-33)30(24-16-23(35)12-13-29(24)40-21-22-10-7-6-8-11-22)32-26(36(25)14-9-15-39-5)18-34(3,4)20-28(32)38/h6-8,10-13,16,30H,9,14-15,17-21H2,1-5H3. The lowest BCUT2D eigenvalue weighted by Gasteiger charge is -2.49. The van der Waals surface area contributed by atoms with Crippen molar-refractivity contribution in [2.45, 2.75) is 72.3 Å². The quantitative estimate of drug-likeness (QED) is 0.310. The highest BCUT2D eigenvalue weighted by atomic mass is 35.5. The van der Waals surface area contributed by atoms with E-state index in [-0.39, 0.29) is 22.4 Å². The summed E-state index contributed by atoms with van der Waals surface area (Å²) >= 11 is 6.60. The molecule has 2 aromatic carbocycles. The van der Waals surface area contributed by atoms with Crippen molar-refractivity contribution in [3.63, 3.8) is 0 Å². The van der Waals surface area contributed by atoms with Crippen LogP contribution in [-0.4, -0.2) is 36.7 Å². The summed E-state index contributed by atoms with van der Waals surface area (Å²) in [5, 5.41) is 0.557. The largest absolute Gasteiger partial charge is 0.489 e. The number of hydrogen-bond donors (Lipinski definition) is 0. The van der Waals surface area contributed by atoms with E-state index in [0.717, 1.165) is 52.9 Å². The smallest absolute Gasteiger partial charge is 0.162 e. The van der Waals surface area contributed by atoms with Gasteiger partial charge in [-0.25, -0.2) is 0 Å². The molecule has 212 valence electrons. The van der Waals surface area contributed by atoms with E-state index >= 15 is 0 Å². The number of methoxy groups -OCH3 is 1. The minimum Gasteiger partial charge on any atom is -0.489 e. The van der Waals surface area contributed by atoms with Crippen LogP contribution in [0.25, 0.3) is 0 Å². The molecule has 0 fully saturated rings. The summed E-state index contributed by atoms with van der Waals surface area (Å²) in [4.78, 5) is 30.4. The zero-order valence-corrected chi connectivity index (χ0v) is 25.1. The number of nitrogens with zero attached hydrogens (tertiary/aromatic N) is 1. The zero-order chi connectivity index (χ0) is 28.7. The van der Waals surface area contributed by atoms with Gasteiger partial charge in [0.1, 0.15) is 12.4 Å². The molecule has 0 saturated heterocycles. The fraction of sp³-hybridized carbons (Fsp3) is 0.471. The second-order valence-electron chi connectivity index (χ2n) is 13.0. The minimum atomic E-state index is -0.500. The second kappa shape index (κ2) is 11.2. The van der Waals surface area contributed by atoms with Gasteiger partial charge in [0.15, 0.2) is 11.6 Å². The van der Waals surface area contributed by atoms with Crippen LogP contribution in [0.3, 0.4) is 0 Å². The predicted molar refractivity (Wildman–Crippen MR) is 158 cm³/mol. The first kappa shape index (κ1) is 28.6. The highest BCUT2D eigenvalue weighted by molar-refractivity contribution is 6.30. The van der Waals surface area contributed by atoms with E-state index in [0.29, 0.717) is 43.4 Å². The monoisotopic (exact) mass is 561 g/mol. The second-order valence-corrected chi connectivity index (χ2v) is 13.4. The Bertz CT molecular complexity index is 1320. The van der Waals surface area contributed by atoms with Gasteiger partial charge >= 0.3 is 0 Å². The number of carbonyl (C=O) groups is 2. The molecule has 0 N–H and O–H groups in total. The molecular formula is C34H40ClNO4. The fourth-order valence-corrected chi connectivity index (χ4v) is 6.79. The highest BCUT2D eigenvalue weighted by Crippen LogP contribution is 2.55. The third-order valence-electron chi connectivity index (χ3n) is 8.27. The van der Waals surface area contributed by atoms with Gasteiger partial charge in [-0.3, -0.25) is 9.59 Å². The maximum absolute atomic E-state index is 14.1. The number of benzene rings is 2. The molecule has 2 aliphatic carbocycles. The normalized spacial score (nSPS) is 20.5. The Kier molecular flexibility index (Phi) is 8.00. The van der Waals surface area contributed by atoms with Crippen LogP contribution < -0.4 is 4.74 Å². The van der Waals surface area contributed by atoms with Crippen LogP contribution in [0.4, 0.5) is 0 Å². The Morgan fingerprint density at radius 3 is 2.05 bits per heavy atom. The van der Waals surface area contributed by atoms with Crippen LogP contribution in [0, 0.1) is 10.8 Å². The average Bonchev–Trinajstić information content (AvgIpc) is 2.87. The molecule has 5 rings (SSSR count). The maximum Gasteiger partial charge on any atom is 0.162 e. The zero-order valence-electron chi connectivity index (χ0n) is 24.3. The summed E-state index contributed by atoms with van der Waals surface area (Å²) < 4.78 is 11.8. The number of halogens is 1. The molecule has 0 saturated carbocycles. The number of ketones is 2. The molecule has 6 heteroatoms. The molecule has 0 bridgehead atoms. The van der Waals surface area contributed by atoms with Crippen molar-refractivity contribution in [3.05, 3.63) is 87.2 Å². The van der Waals surface area contributed by atoms with Gasteiger partial charge in [-0.2, -0.15) is 0 Å².